The summed E-state index contributed by atoms with van der Waals surface area (Å²) in [7, 11) is 0. The zero-order chi connectivity index (χ0) is 27.7. The smallest absolute Gasteiger partial charge is 0.426 e. The molecule has 2 aromatic carbocycles. The third-order valence-electron chi connectivity index (χ3n) is 5.33. The number of likely N-dealkylation sites (tertiary alicyclic amines) is 1. The predicted molar refractivity (Wildman–Crippen MR) is 138 cm³/mol. The summed E-state index contributed by atoms with van der Waals surface area (Å²) >= 11 is 4.40. The first-order chi connectivity index (χ1) is 18.2. The first-order valence-electron chi connectivity index (χ1n) is 11.3. The minimum absolute atomic E-state index is 0.0286. The van der Waals surface area contributed by atoms with Crippen LogP contribution in [0.2, 0.25) is 0 Å². The second kappa shape index (κ2) is 13.1. The van der Waals surface area contributed by atoms with Crippen LogP contribution in [0, 0.1) is 10.1 Å². The fraction of sp³-hybridized carbons (Fsp3) is 0.250. The van der Waals surface area contributed by atoms with Gasteiger partial charge in [-0.25, -0.2) is 15.0 Å². The van der Waals surface area contributed by atoms with Crippen LogP contribution >= 0.6 is 12.6 Å². The van der Waals surface area contributed by atoms with Crippen molar-refractivity contribution in [1.82, 2.24) is 15.8 Å². The molecule has 3 N–H and O–H groups in total. The standard InChI is InChI=1S/C24H25N5O8S/c1-2-10-36-23(32)27-26-21(30)16-4-3-5-17(11-16)25-22(31)20-12-19(38)13-28(20)24(33)37-14-15-6-8-18(9-7-15)29(34)35/h2-9,11,19-20,38H,1,10,12-14H2,(H,25,31)(H,26,30)(H,27,32)/t19-,20-/m0/s1. The Morgan fingerprint density at radius 3 is 2.55 bits per heavy atom. The van der Waals surface area contributed by atoms with E-state index in [1.165, 1.54) is 53.4 Å². The number of nitro groups is 1. The molecule has 0 aromatic heterocycles. The number of benzene rings is 2. The molecule has 38 heavy (non-hydrogen) atoms. The van der Waals surface area contributed by atoms with E-state index < -0.39 is 35.0 Å². The van der Waals surface area contributed by atoms with Crippen LogP contribution < -0.4 is 16.2 Å². The molecular weight excluding hydrogens is 518 g/mol. The Morgan fingerprint density at radius 1 is 1.13 bits per heavy atom. The van der Waals surface area contributed by atoms with Gasteiger partial charge in [0.2, 0.25) is 5.91 Å². The van der Waals surface area contributed by atoms with E-state index in [1.807, 2.05) is 0 Å². The maximum atomic E-state index is 13.0. The van der Waals surface area contributed by atoms with E-state index in [9.17, 15) is 29.3 Å². The van der Waals surface area contributed by atoms with Crippen LogP contribution in [0.1, 0.15) is 22.3 Å². The van der Waals surface area contributed by atoms with Crippen molar-refractivity contribution in [3.8, 4) is 0 Å². The molecule has 4 amide bonds. The summed E-state index contributed by atoms with van der Waals surface area (Å²) in [4.78, 5) is 61.0. The Balaban J connectivity index is 1.58. The molecule has 2 atom stereocenters. The van der Waals surface area contributed by atoms with Gasteiger partial charge in [0.15, 0.2) is 0 Å². The number of anilines is 1. The highest BCUT2D eigenvalue weighted by molar-refractivity contribution is 7.81. The van der Waals surface area contributed by atoms with Crippen molar-refractivity contribution in [2.75, 3.05) is 18.5 Å². The molecule has 1 aliphatic rings. The van der Waals surface area contributed by atoms with Gasteiger partial charge in [-0.1, -0.05) is 18.7 Å². The summed E-state index contributed by atoms with van der Waals surface area (Å²) in [6.07, 6.45) is 0.0417. The molecule has 13 nitrogen and oxygen atoms in total. The topological polar surface area (TPSA) is 169 Å². The van der Waals surface area contributed by atoms with Crippen molar-refractivity contribution in [1.29, 1.82) is 0 Å². The first-order valence-corrected chi connectivity index (χ1v) is 11.8. The summed E-state index contributed by atoms with van der Waals surface area (Å²) in [6.45, 7) is 3.42. The summed E-state index contributed by atoms with van der Waals surface area (Å²) in [5, 5.41) is 13.2. The highest BCUT2D eigenvalue weighted by atomic mass is 32.1. The molecule has 0 unspecified atom stereocenters. The average Bonchev–Trinajstić information content (AvgIpc) is 3.31. The summed E-state index contributed by atoms with van der Waals surface area (Å²) < 4.78 is 10.0. The molecule has 1 saturated heterocycles. The minimum Gasteiger partial charge on any atom is -0.445 e. The number of thiol groups is 1. The fourth-order valence-corrected chi connectivity index (χ4v) is 3.90. The molecule has 0 aliphatic carbocycles. The van der Waals surface area contributed by atoms with Crippen LogP contribution in [0.25, 0.3) is 0 Å². The van der Waals surface area contributed by atoms with Crippen molar-refractivity contribution in [2.45, 2.75) is 24.3 Å². The zero-order valence-corrected chi connectivity index (χ0v) is 20.9. The number of amides is 4. The van der Waals surface area contributed by atoms with Gasteiger partial charge in [0.1, 0.15) is 19.3 Å². The quantitative estimate of drug-likeness (QED) is 0.170. The van der Waals surface area contributed by atoms with Gasteiger partial charge in [0.05, 0.1) is 4.92 Å². The maximum absolute atomic E-state index is 13.0. The summed E-state index contributed by atoms with van der Waals surface area (Å²) in [6, 6.07) is 10.7. The summed E-state index contributed by atoms with van der Waals surface area (Å²) in [5.74, 6) is -1.15. The van der Waals surface area contributed by atoms with Gasteiger partial charge in [0, 0.05) is 35.2 Å². The van der Waals surface area contributed by atoms with Crippen LogP contribution in [0.5, 0.6) is 0 Å². The van der Waals surface area contributed by atoms with E-state index >= 15 is 0 Å². The zero-order valence-electron chi connectivity index (χ0n) is 20.0. The maximum Gasteiger partial charge on any atom is 0.426 e. The van der Waals surface area contributed by atoms with Gasteiger partial charge in [-0.3, -0.25) is 30.0 Å². The SMILES string of the molecule is C=CCOC(=O)NNC(=O)c1cccc(NC(=O)[C@@H]2C[C@H](S)CN2C(=O)OCc2ccc([N+](=O)[O-])cc2)c1. The Kier molecular flexibility index (Phi) is 9.65. The molecule has 0 saturated carbocycles. The highest BCUT2D eigenvalue weighted by Gasteiger charge is 2.39. The molecule has 0 spiro atoms. The lowest BCUT2D eigenvalue weighted by Crippen LogP contribution is -2.43. The second-order valence-corrected chi connectivity index (χ2v) is 8.80. The lowest BCUT2D eigenvalue weighted by Gasteiger charge is -2.23. The molecule has 200 valence electrons. The van der Waals surface area contributed by atoms with E-state index in [1.54, 1.807) is 6.07 Å². The van der Waals surface area contributed by atoms with Gasteiger partial charge in [-0.15, -0.1) is 0 Å². The van der Waals surface area contributed by atoms with E-state index in [2.05, 4.69) is 35.4 Å². The number of hydrogen-bond acceptors (Lipinski definition) is 9. The largest absolute Gasteiger partial charge is 0.445 e. The second-order valence-electron chi connectivity index (χ2n) is 8.07. The average molecular weight is 544 g/mol. The van der Waals surface area contributed by atoms with Crippen molar-refractivity contribution in [3.05, 3.63) is 82.4 Å². The molecule has 1 heterocycles. The van der Waals surface area contributed by atoms with Crippen molar-refractivity contribution >= 4 is 48.0 Å². The lowest BCUT2D eigenvalue weighted by molar-refractivity contribution is -0.384. The number of carbonyl (C=O) groups excluding carboxylic acids is 4. The molecule has 1 aliphatic heterocycles. The molecular formula is C24H25N5O8S. The van der Waals surface area contributed by atoms with Crippen LogP contribution in [0.4, 0.5) is 21.0 Å². The van der Waals surface area contributed by atoms with E-state index in [0.717, 1.165) is 0 Å². The fourth-order valence-electron chi connectivity index (χ4n) is 3.52. The molecule has 3 rings (SSSR count). The van der Waals surface area contributed by atoms with E-state index in [-0.39, 0.29) is 42.7 Å². The van der Waals surface area contributed by atoms with Crippen molar-refractivity contribution in [3.63, 3.8) is 0 Å². The lowest BCUT2D eigenvalue weighted by atomic mass is 10.1. The van der Waals surface area contributed by atoms with Gasteiger partial charge in [0.25, 0.3) is 11.6 Å². The van der Waals surface area contributed by atoms with Crippen molar-refractivity contribution in [2.24, 2.45) is 0 Å². The monoisotopic (exact) mass is 543 g/mol. The number of nitro benzene ring substituents is 1. The molecule has 14 heteroatoms. The predicted octanol–water partition coefficient (Wildman–Crippen LogP) is 2.80. The number of nitrogens with zero attached hydrogens (tertiary/aromatic N) is 2. The van der Waals surface area contributed by atoms with Crippen LogP contribution in [0.3, 0.4) is 0 Å². The Bertz CT molecular complexity index is 1220. The number of hydrogen-bond donors (Lipinski definition) is 4. The first kappa shape index (κ1) is 28.0. The number of rotatable bonds is 8. The number of hydrazine groups is 1. The van der Waals surface area contributed by atoms with Gasteiger partial charge in [-0.05, 0) is 42.3 Å². The highest BCUT2D eigenvalue weighted by Crippen LogP contribution is 2.25. The number of ether oxygens (including phenoxy) is 2. The van der Waals surface area contributed by atoms with Gasteiger partial charge >= 0.3 is 12.2 Å². The number of nitrogens with one attached hydrogen (secondary N) is 3. The Labute approximate surface area is 222 Å². The van der Waals surface area contributed by atoms with Crippen LogP contribution in [-0.4, -0.2) is 58.3 Å². The van der Waals surface area contributed by atoms with E-state index in [0.29, 0.717) is 11.3 Å². The third-order valence-corrected chi connectivity index (χ3v) is 5.70. The third kappa shape index (κ3) is 7.70. The Hall–Kier alpha value is -4.59. The molecule has 1 fully saturated rings. The normalized spacial score (nSPS) is 16.2. The van der Waals surface area contributed by atoms with Crippen LogP contribution in [-0.2, 0) is 20.9 Å². The number of carbonyl (C=O) groups is 4. The molecule has 2 aromatic rings. The van der Waals surface area contributed by atoms with Crippen LogP contribution in [0.15, 0.2) is 61.2 Å². The molecule has 0 bridgehead atoms. The van der Waals surface area contributed by atoms with Gasteiger partial charge < -0.3 is 14.8 Å². The minimum atomic E-state index is -0.874. The van der Waals surface area contributed by atoms with Gasteiger partial charge in [-0.2, -0.15) is 12.6 Å². The van der Waals surface area contributed by atoms with Crippen molar-refractivity contribution < 1.29 is 33.6 Å². The summed E-state index contributed by atoms with van der Waals surface area (Å²) in [5.41, 5.74) is 5.16. The number of non-ortho nitro benzene ring substituents is 1. The van der Waals surface area contributed by atoms with E-state index in [4.69, 9.17) is 9.47 Å². The Morgan fingerprint density at radius 2 is 1.87 bits per heavy atom. The molecule has 0 radical (unpaired) electrons.